The summed E-state index contributed by atoms with van der Waals surface area (Å²) in [4.78, 5) is 0.00189. The zero-order valence-corrected chi connectivity index (χ0v) is 14.2. The van der Waals surface area contributed by atoms with Crippen LogP contribution in [0.5, 0.6) is 11.5 Å². The first-order valence-electron chi connectivity index (χ1n) is 6.92. The van der Waals surface area contributed by atoms with Gasteiger partial charge in [-0.1, -0.05) is 6.07 Å². The van der Waals surface area contributed by atoms with E-state index < -0.39 is 9.84 Å². The van der Waals surface area contributed by atoms with Crippen LogP contribution in [0.1, 0.15) is 27.8 Å². The van der Waals surface area contributed by atoms with Gasteiger partial charge in [0, 0.05) is 0 Å². The van der Waals surface area contributed by atoms with Gasteiger partial charge in [-0.3, -0.25) is 0 Å². The van der Waals surface area contributed by atoms with Crippen LogP contribution < -0.4 is 0 Å². The minimum Gasteiger partial charge on any atom is -0.507 e. The van der Waals surface area contributed by atoms with Crippen molar-refractivity contribution in [2.45, 2.75) is 44.4 Å². The Hall–Kier alpha value is -2.01. The molecule has 2 N–H and O–H groups in total. The average Bonchev–Trinajstić information content (AvgIpc) is 2.41. The van der Waals surface area contributed by atoms with Crippen LogP contribution in [0.15, 0.2) is 28.0 Å². The first kappa shape index (κ1) is 16.4. The highest BCUT2D eigenvalue weighted by Gasteiger charge is 2.26. The molecular weight excluding hydrogens is 300 g/mol. The predicted molar refractivity (Wildman–Crippen MR) is 85.4 cm³/mol. The van der Waals surface area contributed by atoms with Gasteiger partial charge in [0.2, 0.25) is 9.84 Å². The van der Waals surface area contributed by atoms with Crippen molar-refractivity contribution in [1.29, 1.82) is 0 Å². The standard InChI is InChI=1S/C17H20O4S/c1-9-6-12(4)17(16(19)13(9)5)22(20,21)14-7-10(2)15(18)11(3)8-14/h6-8,18-19H,1-5H3. The van der Waals surface area contributed by atoms with Crippen LogP contribution in [0.25, 0.3) is 0 Å². The lowest BCUT2D eigenvalue weighted by molar-refractivity contribution is 0.452. The Balaban J connectivity index is 2.80. The minimum atomic E-state index is -3.86. The molecule has 2 aromatic carbocycles. The molecule has 0 amide bonds. The first-order valence-corrected chi connectivity index (χ1v) is 8.40. The van der Waals surface area contributed by atoms with Crippen molar-refractivity contribution in [1.82, 2.24) is 0 Å². The summed E-state index contributed by atoms with van der Waals surface area (Å²) in [5.74, 6) is -0.124. The molecule has 0 radical (unpaired) electrons. The van der Waals surface area contributed by atoms with Gasteiger partial charge in [0.25, 0.3) is 0 Å². The van der Waals surface area contributed by atoms with E-state index in [0.29, 0.717) is 22.3 Å². The number of phenols is 2. The zero-order valence-electron chi connectivity index (χ0n) is 13.4. The molecule has 0 saturated heterocycles. The van der Waals surface area contributed by atoms with Gasteiger partial charge in [-0.05, 0) is 74.6 Å². The van der Waals surface area contributed by atoms with Gasteiger partial charge in [-0.15, -0.1) is 0 Å². The van der Waals surface area contributed by atoms with Gasteiger partial charge in [-0.2, -0.15) is 0 Å². The fourth-order valence-corrected chi connectivity index (χ4v) is 4.36. The summed E-state index contributed by atoms with van der Waals surface area (Å²) >= 11 is 0. The average molecular weight is 320 g/mol. The van der Waals surface area contributed by atoms with Crippen molar-refractivity contribution in [3.05, 3.63) is 46.0 Å². The fraction of sp³-hybridized carbons (Fsp3) is 0.294. The Labute approximate surface area is 131 Å². The molecule has 0 bridgehead atoms. The number of aromatic hydroxyl groups is 2. The minimum absolute atomic E-state index is 0.0694. The molecular formula is C17H20O4S. The maximum Gasteiger partial charge on any atom is 0.210 e. The molecule has 0 atom stereocenters. The van der Waals surface area contributed by atoms with Crippen molar-refractivity contribution < 1.29 is 18.6 Å². The predicted octanol–water partition coefficient (Wildman–Crippen LogP) is 3.47. The van der Waals surface area contributed by atoms with Crippen molar-refractivity contribution in [2.75, 3.05) is 0 Å². The molecule has 118 valence electrons. The van der Waals surface area contributed by atoms with E-state index in [2.05, 4.69) is 0 Å². The molecule has 0 unspecified atom stereocenters. The number of aryl methyl sites for hydroxylation is 4. The number of sulfone groups is 1. The summed E-state index contributed by atoms with van der Waals surface area (Å²) in [6.07, 6.45) is 0. The van der Waals surface area contributed by atoms with E-state index in [1.165, 1.54) is 12.1 Å². The van der Waals surface area contributed by atoms with Crippen LogP contribution in [-0.2, 0) is 9.84 Å². The molecule has 0 saturated carbocycles. The van der Waals surface area contributed by atoms with Crippen molar-refractivity contribution in [3.63, 3.8) is 0 Å². The zero-order chi connectivity index (χ0) is 16.8. The summed E-state index contributed by atoms with van der Waals surface area (Å²) in [6, 6.07) is 4.60. The normalized spacial score (nSPS) is 11.7. The topological polar surface area (TPSA) is 74.6 Å². The molecule has 2 rings (SSSR count). The highest BCUT2D eigenvalue weighted by molar-refractivity contribution is 7.91. The van der Waals surface area contributed by atoms with E-state index >= 15 is 0 Å². The highest BCUT2D eigenvalue weighted by atomic mass is 32.2. The van der Waals surface area contributed by atoms with E-state index in [4.69, 9.17) is 0 Å². The van der Waals surface area contributed by atoms with Crippen LogP contribution in [-0.4, -0.2) is 18.6 Å². The van der Waals surface area contributed by atoms with Crippen LogP contribution >= 0.6 is 0 Å². The second kappa shape index (κ2) is 5.32. The molecule has 0 fully saturated rings. The second-order valence-corrected chi connectivity index (χ2v) is 7.61. The summed E-state index contributed by atoms with van der Waals surface area (Å²) in [5.41, 5.74) is 2.87. The van der Waals surface area contributed by atoms with E-state index in [1.54, 1.807) is 33.8 Å². The first-order chi connectivity index (χ1) is 10.1. The highest BCUT2D eigenvalue weighted by Crippen LogP contribution is 2.37. The van der Waals surface area contributed by atoms with E-state index in [0.717, 1.165) is 5.56 Å². The third-order valence-corrected chi connectivity index (χ3v) is 5.91. The van der Waals surface area contributed by atoms with Gasteiger partial charge in [0.05, 0.1) is 4.90 Å². The smallest absolute Gasteiger partial charge is 0.210 e. The lowest BCUT2D eigenvalue weighted by atomic mass is 10.1. The maximum absolute atomic E-state index is 12.9. The lowest BCUT2D eigenvalue weighted by Crippen LogP contribution is -2.07. The Bertz CT molecular complexity index is 842. The van der Waals surface area contributed by atoms with Crippen LogP contribution in [0.4, 0.5) is 0 Å². The third kappa shape index (κ3) is 2.46. The molecule has 0 aliphatic rings. The summed E-state index contributed by atoms with van der Waals surface area (Å²) in [5, 5.41) is 20.1. The summed E-state index contributed by atoms with van der Waals surface area (Å²) in [6.45, 7) is 8.48. The van der Waals surface area contributed by atoms with Gasteiger partial charge in [-0.25, -0.2) is 8.42 Å². The SMILES string of the molecule is Cc1cc(C)c(S(=O)(=O)c2cc(C)c(O)c(C)c2)c(O)c1C. The van der Waals surface area contributed by atoms with E-state index in [9.17, 15) is 18.6 Å². The molecule has 0 aliphatic heterocycles. The summed E-state index contributed by atoms with van der Waals surface area (Å²) < 4.78 is 25.8. The molecule has 2 aromatic rings. The monoisotopic (exact) mass is 320 g/mol. The maximum atomic E-state index is 12.9. The lowest BCUT2D eigenvalue weighted by Gasteiger charge is -2.15. The number of benzene rings is 2. The van der Waals surface area contributed by atoms with Crippen molar-refractivity contribution in [3.8, 4) is 11.5 Å². The van der Waals surface area contributed by atoms with Crippen LogP contribution in [0.3, 0.4) is 0 Å². The molecule has 4 nitrogen and oxygen atoms in total. The number of hydrogen-bond acceptors (Lipinski definition) is 4. The Morgan fingerprint density at radius 1 is 0.727 bits per heavy atom. The Morgan fingerprint density at radius 2 is 1.23 bits per heavy atom. The van der Waals surface area contributed by atoms with Crippen LogP contribution in [0.2, 0.25) is 0 Å². The third-order valence-electron chi connectivity index (χ3n) is 4.00. The molecule has 0 aliphatic carbocycles. The number of phenolic OH excluding ortho intramolecular Hbond substituents is 2. The van der Waals surface area contributed by atoms with E-state index in [-0.39, 0.29) is 21.3 Å². The van der Waals surface area contributed by atoms with E-state index in [1.807, 2.05) is 6.92 Å². The molecule has 0 spiro atoms. The fourth-order valence-electron chi connectivity index (χ4n) is 2.57. The van der Waals surface area contributed by atoms with Gasteiger partial charge in [0.1, 0.15) is 16.4 Å². The van der Waals surface area contributed by atoms with Crippen LogP contribution in [0, 0.1) is 34.6 Å². The van der Waals surface area contributed by atoms with Gasteiger partial charge >= 0.3 is 0 Å². The summed E-state index contributed by atoms with van der Waals surface area (Å²) in [7, 11) is -3.86. The largest absolute Gasteiger partial charge is 0.507 e. The second-order valence-electron chi connectivity index (χ2n) is 5.72. The Morgan fingerprint density at radius 3 is 1.73 bits per heavy atom. The quantitative estimate of drug-likeness (QED) is 0.888. The Kier molecular flexibility index (Phi) is 3.96. The van der Waals surface area contributed by atoms with Crippen molar-refractivity contribution >= 4 is 9.84 Å². The number of hydrogen-bond donors (Lipinski definition) is 2. The number of rotatable bonds is 2. The van der Waals surface area contributed by atoms with Crippen molar-refractivity contribution in [2.24, 2.45) is 0 Å². The molecule has 0 heterocycles. The molecule has 22 heavy (non-hydrogen) atoms. The molecule has 0 aromatic heterocycles. The van der Waals surface area contributed by atoms with Gasteiger partial charge in [0.15, 0.2) is 0 Å². The van der Waals surface area contributed by atoms with Gasteiger partial charge < -0.3 is 10.2 Å². The molecule has 5 heteroatoms.